The Morgan fingerprint density at radius 1 is 1.11 bits per heavy atom. The molecular formula is C16H19NO2. The first-order valence-corrected chi connectivity index (χ1v) is 6.56. The van der Waals surface area contributed by atoms with Crippen LogP contribution in [0.4, 0.5) is 0 Å². The van der Waals surface area contributed by atoms with Gasteiger partial charge in [-0.25, -0.2) is 0 Å². The summed E-state index contributed by atoms with van der Waals surface area (Å²) in [7, 11) is 0. The van der Waals surface area contributed by atoms with Crippen LogP contribution in [-0.2, 0) is 17.9 Å². The van der Waals surface area contributed by atoms with E-state index in [0.717, 1.165) is 17.1 Å². The highest BCUT2D eigenvalue weighted by atomic mass is 16.3. The topological polar surface area (TPSA) is 33.5 Å². The molecule has 0 atom stereocenters. The van der Waals surface area contributed by atoms with Gasteiger partial charge in [-0.2, -0.15) is 0 Å². The normalized spacial score (nSPS) is 10.4. The lowest BCUT2D eigenvalue weighted by Crippen LogP contribution is -2.29. The molecule has 0 saturated carbocycles. The molecule has 0 N–H and O–H groups in total. The molecule has 1 heterocycles. The Hall–Kier alpha value is -2.03. The Morgan fingerprint density at radius 2 is 1.84 bits per heavy atom. The maximum absolute atomic E-state index is 12.0. The van der Waals surface area contributed by atoms with E-state index in [-0.39, 0.29) is 5.91 Å². The molecule has 0 radical (unpaired) electrons. The molecule has 0 spiro atoms. The van der Waals surface area contributed by atoms with Crippen LogP contribution in [0.3, 0.4) is 0 Å². The van der Waals surface area contributed by atoms with Gasteiger partial charge in [0.1, 0.15) is 11.5 Å². The lowest BCUT2D eigenvalue weighted by Gasteiger charge is -2.21. The van der Waals surface area contributed by atoms with E-state index in [2.05, 4.69) is 0 Å². The average Bonchev–Trinajstić information content (AvgIpc) is 2.84. The Balaban J connectivity index is 2.10. The minimum absolute atomic E-state index is 0.137. The Kier molecular flexibility index (Phi) is 4.39. The fourth-order valence-corrected chi connectivity index (χ4v) is 2.02. The first-order valence-electron chi connectivity index (χ1n) is 6.56. The Bertz CT molecular complexity index is 531. The largest absolute Gasteiger partial charge is 0.464 e. The van der Waals surface area contributed by atoms with Crippen LogP contribution >= 0.6 is 0 Å². The van der Waals surface area contributed by atoms with Crippen molar-refractivity contribution in [2.45, 2.75) is 33.4 Å². The van der Waals surface area contributed by atoms with E-state index in [0.29, 0.717) is 19.5 Å². The van der Waals surface area contributed by atoms with Crippen LogP contribution in [0.25, 0.3) is 0 Å². The van der Waals surface area contributed by atoms with Crippen LogP contribution in [0.15, 0.2) is 46.9 Å². The fourth-order valence-electron chi connectivity index (χ4n) is 2.02. The third kappa shape index (κ3) is 3.71. The summed E-state index contributed by atoms with van der Waals surface area (Å²) in [6, 6.07) is 13.9. The second-order valence-electron chi connectivity index (χ2n) is 4.60. The fraction of sp³-hybridized carbons (Fsp3) is 0.312. The van der Waals surface area contributed by atoms with E-state index in [4.69, 9.17) is 4.42 Å². The predicted octanol–water partition coefficient (Wildman–Crippen LogP) is 3.53. The average molecular weight is 257 g/mol. The van der Waals surface area contributed by atoms with Gasteiger partial charge in [-0.05, 0) is 24.6 Å². The Morgan fingerprint density at radius 3 is 2.42 bits per heavy atom. The first kappa shape index (κ1) is 13.4. The summed E-state index contributed by atoms with van der Waals surface area (Å²) in [5, 5.41) is 0. The van der Waals surface area contributed by atoms with Crippen LogP contribution in [0.1, 0.15) is 30.4 Å². The summed E-state index contributed by atoms with van der Waals surface area (Å²) >= 11 is 0. The van der Waals surface area contributed by atoms with Crippen molar-refractivity contribution in [1.29, 1.82) is 0 Å². The molecular weight excluding hydrogens is 238 g/mol. The monoisotopic (exact) mass is 257 g/mol. The molecule has 3 heteroatoms. The molecule has 0 bridgehead atoms. The summed E-state index contributed by atoms with van der Waals surface area (Å²) in [5.41, 5.74) is 1.13. The van der Waals surface area contributed by atoms with E-state index < -0.39 is 0 Å². The number of nitrogens with zero attached hydrogens (tertiary/aromatic N) is 1. The van der Waals surface area contributed by atoms with Crippen molar-refractivity contribution in [2.24, 2.45) is 0 Å². The molecule has 1 amide bonds. The molecule has 0 aliphatic rings. The molecule has 1 aromatic heterocycles. The number of benzene rings is 1. The van der Waals surface area contributed by atoms with Gasteiger partial charge in [0, 0.05) is 13.0 Å². The lowest BCUT2D eigenvalue weighted by atomic mass is 10.2. The van der Waals surface area contributed by atoms with Gasteiger partial charge in [0.15, 0.2) is 0 Å². The van der Waals surface area contributed by atoms with E-state index in [9.17, 15) is 4.79 Å². The minimum atomic E-state index is 0.137. The van der Waals surface area contributed by atoms with Crippen molar-refractivity contribution >= 4 is 5.91 Å². The smallest absolute Gasteiger partial charge is 0.222 e. The van der Waals surface area contributed by atoms with Crippen LogP contribution in [-0.4, -0.2) is 10.8 Å². The van der Waals surface area contributed by atoms with Crippen LogP contribution in [0, 0.1) is 6.92 Å². The van der Waals surface area contributed by atoms with Crippen LogP contribution < -0.4 is 0 Å². The van der Waals surface area contributed by atoms with Gasteiger partial charge in [-0.15, -0.1) is 0 Å². The van der Waals surface area contributed by atoms with Crippen LogP contribution in [0.2, 0.25) is 0 Å². The number of hydrogen-bond acceptors (Lipinski definition) is 2. The molecule has 0 unspecified atom stereocenters. The van der Waals surface area contributed by atoms with Gasteiger partial charge in [0.2, 0.25) is 5.91 Å². The molecule has 2 aromatic rings. The maximum atomic E-state index is 12.0. The van der Waals surface area contributed by atoms with Gasteiger partial charge in [0.05, 0.1) is 6.54 Å². The quantitative estimate of drug-likeness (QED) is 0.821. The van der Waals surface area contributed by atoms with Crippen molar-refractivity contribution in [1.82, 2.24) is 4.90 Å². The third-order valence-corrected chi connectivity index (χ3v) is 3.01. The highest BCUT2D eigenvalue weighted by Crippen LogP contribution is 2.13. The number of hydrogen-bond donors (Lipinski definition) is 0. The number of furan rings is 1. The highest BCUT2D eigenvalue weighted by Gasteiger charge is 2.14. The van der Waals surface area contributed by atoms with Gasteiger partial charge in [-0.1, -0.05) is 37.3 Å². The number of rotatable bonds is 5. The summed E-state index contributed by atoms with van der Waals surface area (Å²) in [4.78, 5) is 13.8. The molecule has 0 aliphatic carbocycles. The standard InChI is InChI=1S/C16H19NO2/c1-3-16(18)17(11-14-7-5-4-6-8-14)12-15-10-9-13(2)19-15/h4-10H,3,11-12H2,1-2H3. The molecule has 0 fully saturated rings. The summed E-state index contributed by atoms with van der Waals surface area (Å²) in [6.45, 7) is 4.93. The number of carbonyl (C=O) groups excluding carboxylic acids is 1. The molecule has 2 rings (SSSR count). The summed E-state index contributed by atoms with van der Waals surface area (Å²) < 4.78 is 5.55. The van der Waals surface area contributed by atoms with Gasteiger partial charge >= 0.3 is 0 Å². The molecule has 0 saturated heterocycles. The van der Waals surface area contributed by atoms with E-state index in [1.165, 1.54) is 0 Å². The second-order valence-corrected chi connectivity index (χ2v) is 4.60. The van der Waals surface area contributed by atoms with Gasteiger partial charge < -0.3 is 9.32 Å². The van der Waals surface area contributed by atoms with Crippen LogP contribution in [0.5, 0.6) is 0 Å². The number of carbonyl (C=O) groups is 1. The van der Waals surface area contributed by atoms with Crippen molar-refractivity contribution < 1.29 is 9.21 Å². The van der Waals surface area contributed by atoms with Gasteiger partial charge in [0.25, 0.3) is 0 Å². The highest BCUT2D eigenvalue weighted by molar-refractivity contribution is 5.75. The number of amides is 1. The zero-order valence-corrected chi connectivity index (χ0v) is 11.4. The first-order chi connectivity index (χ1) is 9.19. The lowest BCUT2D eigenvalue weighted by molar-refractivity contribution is -0.132. The molecule has 0 aliphatic heterocycles. The predicted molar refractivity (Wildman–Crippen MR) is 74.4 cm³/mol. The third-order valence-electron chi connectivity index (χ3n) is 3.01. The zero-order chi connectivity index (χ0) is 13.7. The van der Waals surface area contributed by atoms with E-state index in [1.54, 1.807) is 0 Å². The second kappa shape index (κ2) is 6.23. The molecule has 1 aromatic carbocycles. The minimum Gasteiger partial charge on any atom is -0.464 e. The molecule has 100 valence electrons. The van der Waals surface area contributed by atoms with E-state index >= 15 is 0 Å². The SMILES string of the molecule is CCC(=O)N(Cc1ccccc1)Cc1ccc(C)o1. The molecule has 3 nitrogen and oxygen atoms in total. The summed E-state index contributed by atoms with van der Waals surface area (Å²) in [5.74, 6) is 1.84. The maximum Gasteiger partial charge on any atom is 0.222 e. The van der Waals surface area contributed by atoms with Gasteiger partial charge in [-0.3, -0.25) is 4.79 Å². The summed E-state index contributed by atoms with van der Waals surface area (Å²) in [6.07, 6.45) is 0.506. The van der Waals surface area contributed by atoms with Crippen molar-refractivity contribution in [2.75, 3.05) is 0 Å². The van der Waals surface area contributed by atoms with Crippen molar-refractivity contribution in [3.05, 3.63) is 59.5 Å². The van der Waals surface area contributed by atoms with Crippen molar-refractivity contribution in [3.63, 3.8) is 0 Å². The number of aryl methyl sites for hydroxylation is 1. The van der Waals surface area contributed by atoms with E-state index in [1.807, 2.05) is 61.2 Å². The Labute approximate surface area is 113 Å². The van der Waals surface area contributed by atoms with Crippen molar-refractivity contribution in [3.8, 4) is 0 Å². The zero-order valence-electron chi connectivity index (χ0n) is 11.4. The molecule has 19 heavy (non-hydrogen) atoms.